The summed E-state index contributed by atoms with van der Waals surface area (Å²) in [7, 11) is 1.55. The molecule has 1 aromatic heterocycles. The molecule has 1 heterocycles. The van der Waals surface area contributed by atoms with Crippen LogP contribution in [0.2, 0.25) is 0 Å². The molecule has 0 N–H and O–H groups in total. The minimum absolute atomic E-state index is 0.235. The van der Waals surface area contributed by atoms with Crippen molar-refractivity contribution >= 4 is 10.8 Å². The number of nitrogens with zero attached hydrogens (tertiary/aromatic N) is 2. The predicted molar refractivity (Wildman–Crippen MR) is 79.1 cm³/mol. The van der Waals surface area contributed by atoms with Crippen LogP contribution in [0.1, 0.15) is 0 Å². The van der Waals surface area contributed by atoms with Crippen LogP contribution in [0.15, 0.2) is 53.5 Å². The smallest absolute Gasteiger partial charge is 0.406 e. The monoisotopic (exact) mass is 320 g/mol. The highest BCUT2D eigenvalue weighted by molar-refractivity contribution is 5.86. The van der Waals surface area contributed by atoms with Crippen LogP contribution in [0.3, 0.4) is 0 Å². The predicted octanol–water partition coefficient (Wildman–Crippen LogP) is 3.50. The highest BCUT2D eigenvalue weighted by Crippen LogP contribution is 2.27. The van der Waals surface area contributed by atoms with Gasteiger partial charge in [-0.15, -0.1) is 13.2 Å². The molecule has 118 valence electrons. The first-order valence-electron chi connectivity index (χ1n) is 6.66. The molecule has 2 aromatic carbocycles. The van der Waals surface area contributed by atoms with E-state index in [-0.39, 0.29) is 11.3 Å². The zero-order valence-electron chi connectivity index (χ0n) is 12.0. The number of hydrogen-bond donors (Lipinski definition) is 0. The van der Waals surface area contributed by atoms with E-state index in [9.17, 15) is 18.0 Å². The molecule has 0 radical (unpaired) electrons. The fraction of sp³-hybridized carbons (Fsp3) is 0.125. The van der Waals surface area contributed by atoms with Crippen LogP contribution in [0.4, 0.5) is 13.2 Å². The maximum absolute atomic E-state index is 12.2. The van der Waals surface area contributed by atoms with Crippen LogP contribution >= 0.6 is 0 Å². The molecule has 0 fully saturated rings. The Morgan fingerprint density at radius 3 is 2.35 bits per heavy atom. The lowest BCUT2D eigenvalue weighted by Crippen LogP contribution is -2.18. The maximum atomic E-state index is 12.2. The number of benzene rings is 2. The molecule has 0 aliphatic rings. The van der Waals surface area contributed by atoms with Crippen molar-refractivity contribution in [3.63, 3.8) is 0 Å². The quantitative estimate of drug-likeness (QED) is 0.726. The number of halogens is 3. The fourth-order valence-corrected chi connectivity index (χ4v) is 2.26. The standard InChI is InChI=1S/C16H11F3N2O2/c1-21-15(22)14-8-11(2-3-12(14)9-20-21)10-4-6-13(7-5-10)23-16(17,18)19/h2-9H,1H3. The highest BCUT2D eigenvalue weighted by Gasteiger charge is 2.30. The molecule has 0 saturated heterocycles. The van der Waals surface area contributed by atoms with Crippen LogP contribution in [-0.4, -0.2) is 16.1 Å². The summed E-state index contributed by atoms with van der Waals surface area (Å²) in [5, 5.41) is 5.13. The zero-order valence-corrected chi connectivity index (χ0v) is 12.0. The third-order valence-corrected chi connectivity index (χ3v) is 3.37. The molecule has 3 aromatic rings. The Labute approximate surface area is 128 Å². The lowest BCUT2D eigenvalue weighted by molar-refractivity contribution is -0.274. The average molecular weight is 320 g/mol. The van der Waals surface area contributed by atoms with Crippen LogP contribution < -0.4 is 10.3 Å². The van der Waals surface area contributed by atoms with Gasteiger partial charge in [-0.05, 0) is 29.3 Å². The number of fused-ring (bicyclic) bond motifs is 1. The van der Waals surface area contributed by atoms with Crippen molar-refractivity contribution in [3.05, 3.63) is 59.0 Å². The molecular formula is C16H11F3N2O2. The summed E-state index contributed by atoms with van der Waals surface area (Å²) in [5.74, 6) is -0.290. The van der Waals surface area contributed by atoms with Gasteiger partial charge in [0, 0.05) is 12.4 Å². The second-order valence-electron chi connectivity index (χ2n) is 4.95. The second kappa shape index (κ2) is 5.42. The number of rotatable bonds is 2. The minimum Gasteiger partial charge on any atom is -0.406 e. The van der Waals surface area contributed by atoms with Crippen molar-refractivity contribution < 1.29 is 17.9 Å². The summed E-state index contributed by atoms with van der Waals surface area (Å²) in [6.07, 6.45) is -3.13. The Hall–Kier alpha value is -2.83. The van der Waals surface area contributed by atoms with Gasteiger partial charge in [-0.3, -0.25) is 4.79 Å². The molecule has 3 rings (SSSR count). The fourth-order valence-electron chi connectivity index (χ4n) is 2.26. The van der Waals surface area contributed by atoms with Crippen molar-refractivity contribution in [2.24, 2.45) is 7.05 Å². The molecule has 0 atom stereocenters. The number of alkyl halides is 3. The topological polar surface area (TPSA) is 44.1 Å². The van der Waals surface area contributed by atoms with E-state index in [0.717, 1.165) is 5.56 Å². The third-order valence-electron chi connectivity index (χ3n) is 3.37. The van der Waals surface area contributed by atoms with Crippen molar-refractivity contribution in [2.75, 3.05) is 0 Å². The summed E-state index contributed by atoms with van der Waals surface area (Å²) in [4.78, 5) is 12.1. The van der Waals surface area contributed by atoms with Crippen molar-refractivity contribution in [1.29, 1.82) is 0 Å². The van der Waals surface area contributed by atoms with E-state index in [1.807, 2.05) is 0 Å². The van der Waals surface area contributed by atoms with Crippen LogP contribution in [0, 0.1) is 0 Å². The van der Waals surface area contributed by atoms with E-state index in [1.165, 1.54) is 28.9 Å². The summed E-state index contributed by atoms with van der Waals surface area (Å²) in [6.45, 7) is 0. The van der Waals surface area contributed by atoms with E-state index in [2.05, 4.69) is 9.84 Å². The summed E-state index contributed by atoms with van der Waals surface area (Å²) < 4.78 is 41.5. The van der Waals surface area contributed by atoms with Gasteiger partial charge in [0.1, 0.15) is 5.75 Å². The van der Waals surface area contributed by atoms with Gasteiger partial charge in [-0.2, -0.15) is 5.10 Å². The van der Waals surface area contributed by atoms with E-state index in [1.54, 1.807) is 31.4 Å². The van der Waals surface area contributed by atoms with E-state index in [4.69, 9.17) is 0 Å². The molecule has 0 unspecified atom stereocenters. The first-order valence-corrected chi connectivity index (χ1v) is 6.66. The molecule has 0 spiro atoms. The van der Waals surface area contributed by atoms with Gasteiger partial charge in [0.05, 0.1) is 11.6 Å². The molecular weight excluding hydrogens is 309 g/mol. The molecule has 0 aliphatic heterocycles. The third kappa shape index (κ3) is 3.18. The van der Waals surface area contributed by atoms with Crippen molar-refractivity contribution in [1.82, 2.24) is 9.78 Å². The molecule has 0 bridgehead atoms. The molecule has 7 heteroatoms. The van der Waals surface area contributed by atoms with Gasteiger partial charge in [-0.1, -0.05) is 24.3 Å². The van der Waals surface area contributed by atoms with Crippen molar-refractivity contribution in [3.8, 4) is 16.9 Å². The molecule has 23 heavy (non-hydrogen) atoms. The second-order valence-corrected chi connectivity index (χ2v) is 4.95. The van der Waals surface area contributed by atoms with E-state index in [0.29, 0.717) is 16.3 Å². The van der Waals surface area contributed by atoms with E-state index < -0.39 is 6.36 Å². The Morgan fingerprint density at radius 2 is 1.70 bits per heavy atom. The molecule has 4 nitrogen and oxygen atoms in total. The molecule has 0 aliphatic carbocycles. The SMILES string of the molecule is Cn1ncc2ccc(-c3ccc(OC(F)(F)F)cc3)cc2c1=O. The van der Waals surface area contributed by atoms with Gasteiger partial charge in [0.25, 0.3) is 5.56 Å². The number of hydrogen-bond acceptors (Lipinski definition) is 3. The molecule has 0 saturated carbocycles. The Kier molecular flexibility index (Phi) is 3.55. The normalized spacial score (nSPS) is 11.7. The van der Waals surface area contributed by atoms with Gasteiger partial charge in [0.15, 0.2) is 0 Å². The molecule has 0 amide bonds. The Balaban J connectivity index is 2.00. The summed E-state index contributed by atoms with van der Waals surface area (Å²) in [6, 6.07) is 10.7. The van der Waals surface area contributed by atoms with Gasteiger partial charge in [-0.25, -0.2) is 4.68 Å². The van der Waals surface area contributed by atoms with Crippen LogP contribution in [0.25, 0.3) is 21.9 Å². The number of aromatic nitrogens is 2. The van der Waals surface area contributed by atoms with Gasteiger partial charge in [0.2, 0.25) is 0 Å². The van der Waals surface area contributed by atoms with Crippen molar-refractivity contribution in [2.45, 2.75) is 6.36 Å². The summed E-state index contributed by atoms with van der Waals surface area (Å²) in [5.41, 5.74) is 1.17. The largest absolute Gasteiger partial charge is 0.573 e. The maximum Gasteiger partial charge on any atom is 0.573 e. The zero-order chi connectivity index (χ0) is 16.6. The lowest BCUT2D eigenvalue weighted by atomic mass is 10.0. The number of ether oxygens (including phenoxy) is 1. The van der Waals surface area contributed by atoms with Gasteiger partial charge >= 0.3 is 6.36 Å². The lowest BCUT2D eigenvalue weighted by Gasteiger charge is -2.09. The number of aryl methyl sites for hydroxylation is 1. The Morgan fingerprint density at radius 1 is 1.04 bits per heavy atom. The summed E-state index contributed by atoms with van der Waals surface area (Å²) >= 11 is 0. The van der Waals surface area contributed by atoms with Crippen LogP contribution in [-0.2, 0) is 7.05 Å². The van der Waals surface area contributed by atoms with E-state index >= 15 is 0 Å². The average Bonchev–Trinajstić information content (AvgIpc) is 2.50. The minimum atomic E-state index is -4.72. The first kappa shape index (κ1) is 15.1. The van der Waals surface area contributed by atoms with Gasteiger partial charge < -0.3 is 4.74 Å². The van der Waals surface area contributed by atoms with Crippen LogP contribution in [0.5, 0.6) is 5.75 Å². The Bertz CT molecular complexity index is 915. The first-order chi connectivity index (χ1) is 10.8. The highest BCUT2D eigenvalue weighted by atomic mass is 19.4.